The van der Waals surface area contributed by atoms with Crippen molar-refractivity contribution in [2.45, 2.75) is 33.0 Å². The van der Waals surface area contributed by atoms with Crippen molar-refractivity contribution in [3.63, 3.8) is 0 Å². The molecule has 0 aliphatic rings. The molecule has 1 unspecified atom stereocenters. The van der Waals surface area contributed by atoms with Gasteiger partial charge in [-0.3, -0.25) is 19.1 Å². The number of hydrogen-bond donors (Lipinski definition) is 3. The van der Waals surface area contributed by atoms with Crippen LogP contribution in [0.15, 0.2) is 18.2 Å². The van der Waals surface area contributed by atoms with E-state index >= 15 is 0 Å². The fourth-order valence-electron chi connectivity index (χ4n) is 3.16. The van der Waals surface area contributed by atoms with Gasteiger partial charge in [0.25, 0.3) is 17.6 Å². The number of sulfonamides is 1. The standard InChI is InChI=1S/C20H22F4N4O5S/c1-9-15(18(30)26-12-6-7-13(21)14(8-12)27-34(5,32)33)10(2)28(4)16(9)17(29)19(31)25-11(3)20(22,23)24/h6-8,11,27H,1-5H3,(H,25,31)(H,26,30). The minimum Gasteiger partial charge on any atom is -0.344 e. The molecule has 14 heteroatoms. The summed E-state index contributed by atoms with van der Waals surface area (Å²) in [7, 11) is -2.44. The first-order chi connectivity index (χ1) is 15.4. The van der Waals surface area contributed by atoms with Crippen molar-refractivity contribution in [1.82, 2.24) is 9.88 Å². The molecule has 34 heavy (non-hydrogen) atoms. The van der Waals surface area contributed by atoms with Gasteiger partial charge in [-0.25, -0.2) is 12.8 Å². The normalized spacial score (nSPS) is 12.7. The maximum absolute atomic E-state index is 13.9. The van der Waals surface area contributed by atoms with Gasteiger partial charge in [0.15, 0.2) is 0 Å². The van der Waals surface area contributed by atoms with Gasteiger partial charge in [0, 0.05) is 18.4 Å². The van der Waals surface area contributed by atoms with Gasteiger partial charge < -0.3 is 15.2 Å². The smallest absolute Gasteiger partial charge is 0.344 e. The zero-order valence-corrected chi connectivity index (χ0v) is 19.5. The van der Waals surface area contributed by atoms with E-state index in [1.165, 1.54) is 31.5 Å². The lowest BCUT2D eigenvalue weighted by atomic mass is 10.1. The largest absolute Gasteiger partial charge is 0.408 e. The highest BCUT2D eigenvalue weighted by molar-refractivity contribution is 7.92. The molecule has 2 rings (SSSR count). The van der Waals surface area contributed by atoms with Crippen LogP contribution in [-0.2, 0) is 21.9 Å². The van der Waals surface area contributed by atoms with Gasteiger partial charge in [-0.2, -0.15) is 13.2 Å². The third-order valence-corrected chi connectivity index (χ3v) is 5.53. The van der Waals surface area contributed by atoms with Crippen molar-refractivity contribution in [1.29, 1.82) is 0 Å². The molecule has 0 fully saturated rings. The van der Waals surface area contributed by atoms with Gasteiger partial charge >= 0.3 is 6.18 Å². The number of alkyl halides is 3. The Morgan fingerprint density at radius 1 is 1.12 bits per heavy atom. The van der Waals surface area contributed by atoms with Crippen LogP contribution in [0.25, 0.3) is 0 Å². The first-order valence-corrected chi connectivity index (χ1v) is 11.5. The van der Waals surface area contributed by atoms with Crippen LogP contribution in [0.5, 0.6) is 0 Å². The lowest BCUT2D eigenvalue weighted by molar-refractivity contribution is -0.156. The second kappa shape index (κ2) is 9.44. The van der Waals surface area contributed by atoms with Crippen LogP contribution in [0.1, 0.15) is 39.0 Å². The van der Waals surface area contributed by atoms with Crippen LogP contribution in [-0.4, -0.2) is 49.1 Å². The highest BCUT2D eigenvalue weighted by Gasteiger charge is 2.39. The lowest BCUT2D eigenvalue weighted by Crippen LogP contribution is -2.46. The zero-order chi connectivity index (χ0) is 26.2. The molecule has 0 bridgehead atoms. The van der Waals surface area contributed by atoms with E-state index in [1.54, 1.807) is 5.32 Å². The summed E-state index contributed by atoms with van der Waals surface area (Å²) in [6.07, 6.45) is -3.93. The Labute approximate surface area is 192 Å². The summed E-state index contributed by atoms with van der Waals surface area (Å²) in [5.74, 6) is -4.41. The molecule has 0 aliphatic carbocycles. The summed E-state index contributed by atoms with van der Waals surface area (Å²) in [5.41, 5.74) is -0.448. The van der Waals surface area contributed by atoms with Crippen molar-refractivity contribution in [2.24, 2.45) is 7.05 Å². The number of nitrogens with zero attached hydrogens (tertiary/aromatic N) is 1. The molecule has 0 saturated carbocycles. The Bertz CT molecular complexity index is 1270. The number of halogens is 4. The predicted molar refractivity (Wildman–Crippen MR) is 116 cm³/mol. The molecule has 1 aromatic carbocycles. The first kappa shape index (κ1) is 26.8. The molecule has 0 saturated heterocycles. The van der Waals surface area contributed by atoms with Crippen molar-refractivity contribution in [3.05, 3.63) is 46.5 Å². The molecular formula is C20H22F4N4O5S. The quantitative estimate of drug-likeness (QED) is 0.302. The van der Waals surface area contributed by atoms with Crippen LogP contribution in [0, 0.1) is 19.7 Å². The van der Waals surface area contributed by atoms with Crippen LogP contribution in [0.4, 0.5) is 28.9 Å². The average Bonchev–Trinajstić information content (AvgIpc) is 2.90. The van der Waals surface area contributed by atoms with E-state index in [1.807, 2.05) is 4.72 Å². The van der Waals surface area contributed by atoms with E-state index < -0.39 is 51.3 Å². The third-order valence-electron chi connectivity index (χ3n) is 4.94. The number of benzene rings is 1. The predicted octanol–water partition coefficient (Wildman–Crippen LogP) is 2.65. The molecule has 2 aromatic rings. The molecule has 3 N–H and O–H groups in total. The van der Waals surface area contributed by atoms with Crippen molar-refractivity contribution >= 4 is 39.0 Å². The highest BCUT2D eigenvalue weighted by atomic mass is 32.2. The van der Waals surface area contributed by atoms with E-state index in [2.05, 4.69) is 5.32 Å². The van der Waals surface area contributed by atoms with E-state index in [9.17, 15) is 40.4 Å². The third kappa shape index (κ3) is 5.92. The Morgan fingerprint density at radius 3 is 2.24 bits per heavy atom. The summed E-state index contributed by atoms with van der Waals surface area (Å²) < 4.78 is 78.0. The number of carbonyl (C=O) groups excluding carboxylic acids is 3. The Morgan fingerprint density at radius 2 is 1.71 bits per heavy atom. The molecule has 0 spiro atoms. The molecular weight excluding hydrogens is 484 g/mol. The van der Waals surface area contributed by atoms with Gasteiger partial charge in [-0.1, -0.05) is 0 Å². The minimum atomic E-state index is -4.75. The lowest BCUT2D eigenvalue weighted by Gasteiger charge is -2.16. The van der Waals surface area contributed by atoms with Gasteiger partial charge in [0.2, 0.25) is 10.0 Å². The number of nitrogens with one attached hydrogen (secondary N) is 3. The van der Waals surface area contributed by atoms with Crippen molar-refractivity contribution < 1.29 is 40.4 Å². The molecule has 0 aliphatic heterocycles. The zero-order valence-electron chi connectivity index (χ0n) is 18.7. The van der Waals surface area contributed by atoms with Crippen LogP contribution in [0.2, 0.25) is 0 Å². The number of Topliss-reactive ketones (excluding diaryl/α,β-unsaturated/α-hetero) is 1. The topological polar surface area (TPSA) is 126 Å². The number of aromatic nitrogens is 1. The van der Waals surface area contributed by atoms with Crippen LogP contribution < -0.4 is 15.4 Å². The maximum atomic E-state index is 13.9. The Hall–Kier alpha value is -3.42. The highest BCUT2D eigenvalue weighted by Crippen LogP contribution is 2.26. The van der Waals surface area contributed by atoms with Crippen molar-refractivity contribution in [3.8, 4) is 0 Å². The summed E-state index contributed by atoms with van der Waals surface area (Å²) >= 11 is 0. The number of hydrogen-bond acceptors (Lipinski definition) is 5. The van der Waals surface area contributed by atoms with Crippen LogP contribution in [0.3, 0.4) is 0 Å². The fourth-order valence-corrected chi connectivity index (χ4v) is 3.72. The average molecular weight is 506 g/mol. The molecule has 0 radical (unpaired) electrons. The van der Waals surface area contributed by atoms with Gasteiger partial charge in [-0.15, -0.1) is 0 Å². The molecule has 9 nitrogen and oxygen atoms in total. The number of anilines is 2. The maximum Gasteiger partial charge on any atom is 0.408 e. The van der Waals surface area contributed by atoms with Gasteiger partial charge in [-0.05, 0) is 44.5 Å². The van der Waals surface area contributed by atoms with E-state index in [4.69, 9.17) is 0 Å². The van der Waals surface area contributed by atoms with Gasteiger partial charge in [0.1, 0.15) is 11.9 Å². The van der Waals surface area contributed by atoms with Gasteiger partial charge in [0.05, 0.1) is 23.2 Å². The summed E-state index contributed by atoms with van der Waals surface area (Å²) in [5, 5.41) is 4.02. The molecule has 1 aromatic heterocycles. The number of amides is 2. The van der Waals surface area contributed by atoms with E-state index in [0.717, 1.165) is 18.4 Å². The number of rotatable bonds is 7. The molecule has 1 heterocycles. The Balaban J connectivity index is 2.35. The second-order valence-electron chi connectivity index (χ2n) is 7.58. The number of ketones is 1. The molecule has 2 amide bonds. The summed E-state index contributed by atoms with van der Waals surface area (Å²) in [4.78, 5) is 37.6. The molecule has 1 atom stereocenters. The minimum absolute atomic E-state index is 0.0184. The SMILES string of the molecule is Cc1c(C(=O)Nc2ccc(F)c(NS(C)(=O)=O)c2)c(C)n(C)c1C(=O)C(=O)NC(C)C(F)(F)F. The first-order valence-electron chi connectivity index (χ1n) is 9.60. The van der Waals surface area contributed by atoms with Crippen LogP contribution >= 0.6 is 0 Å². The summed E-state index contributed by atoms with van der Waals surface area (Å²) in [6.45, 7) is 3.48. The monoisotopic (exact) mass is 506 g/mol. The molecule has 186 valence electrons. The van der Waals surface area contributed by atoms with E-state index in [0.29, 0.717) is 6.92 Å². The van der Waals surface area contributed by atoms with E-state index in [-0.39, 0.29) is 28.2 Å². The number of carbonyl (C=O) groups is 3. The summed E-state index contributed by atoms with van der Waals surface area (Å²) in [6, 6.07) is 0.878. The fraction of sp³-hybridized carbons (Fsp3) is 0.350. The van der Waals surface area contributed by atoms with Crippen molar-refractivity contribution in [2.75, 3.05) is 16.3 Å². The second-order valence-corrected chi connectivity index (χ2v) is 9.33. The Kier molecular flexibility index (Phi) is 7.45.